The maximum atomic E-state index is 12.5. The molecule has 2 aromatic rings. The van der Waals surface area contributed by atoms with Crippen molar-refractivity contribution in [2.24, 2.45) is 0 Å². The molecule has 0 saturated heterocycles. The first-order chi connectivity index (χ1) is 10.1. The van der Waals surface area contributed by atoms with Crippen molar-refractivity contribution in [3.8, 4) is 0 Å². The van der Waals surface area contributed by atoms with E-state index in [-0.39, 0.29) is 0 Å². The lowest BCUT2D eigenvalue weighted by Crippen LogP contribution is -2.07. The number of hydrogen-bond donors (Lipinski definition) is 1. The lowest BCUT2D eigenvalue weighted by Gasteiger charge is -2.09. The second-order valence-corrected chi connectivity index (χ2v) is 7.17. The van der Waals surface area contributed by atoms with Crippen LogP contribution < -0.4 is 5.73 Å². The van der Waals surface area contributed by atoms with Crippen molar-refractivity contribution in [3.05, 3.63) is 41.2 Å². The van der Waals surface area contributed by atoms with Gasteiger partial charge in [0.25, 0.3) is 0 Å². The molecule has 6 heteroatoms. The van der Waals surface area contributed by atoms with Crippen molar-refractivity contribution in [2.75, 3.05) is 5.73 Å². The van der Waals surface area contributed by atoms with E-state index in [0.29, 0.717) is 27.4 Å². The molecular weight excluding hydrogens is 306 g/mol. The second-order valence-electron chi connectivity index (χ2n) is 5.37. The third kappa shape index (κ3) is 3.14. The van der Waals surface area contributed by atoms with Gasteiger partial charge in [-0.2, -0.15) is 5.10 Å². The number of rotatable bonds is 4. The molecular formula is C15H18ClN3OS. The minimum absolute atomic E-state index is 0.341. The van der Waals surface area contributed by atoms with E-state index in [0.717, 1.165) is 5.69 Å². The van der Waals surface area contributed by atoms with Crippen LogP contribution in [-0.2, 0) is 16.6 Å². The Balaban J connectivity index is 1.76. The number of nitrogens with two attached hydrogens (primary N) is 1. The fourth-order valence-electron chi connectivity index (χ4n) is 2.80. The summed E-state index contributed by atoms with van der Waals surface area (Å²) in [7, 11) is -1.28. The molecule has 0 radical (unpaired) electrons. The predicted octanol–water partition coefficient (Wildman–Crippen LogP) is 3.54. The molecule has 1 saturated carbocycles. The molecule has 1 fully saturated rings. The molecule has 2 N–H and O–H groups in total. The normalized spacial score (nSPS) is 17.2. The Kier molecular flexibility index (Phi) is 4.31. The van der Waals surface area contributed by atoms with Crippen LogP contribution in [0.2, 0.25) is 5.02 Å². The highest BCUT2D eigenvalue weighted by molar-refractivity contribution is 7.84. The standard InChI is InChI=1S/C15H18ClN3OS/c16-13-6-3-7-14(17)15(13)21(20)10-11-8-9-19(18-11)12-4-1-2-5-12/h3,6-9,12H,1-2,4-5,10,17H2. The van der Waals surface area contributed by atoms with Crippen LogP contribution in [0.4, 0.5) is 5.69 Å². The van der Waals surface area contributed by atoms with Crippen molar-refractivity contribution in [1.82, 2.24) is 9.78 Å². The zero-order valence-electron chi connectivity index (χ0n) is 11.7. The van der Waals surface area contributed by atoms with Gasteiger partial charge in [0.2, 0.25) is 0 Å². The molecule has 0 spiro atoms. The van der Waals surface area contributed by atoms with Crippen molar-refractivity contribution >= 4 is 28.1 Å². The van der Waals surface area contributed by atoms with Gasteiger partial charge in [-0.05, 0) is 31.0 Å². The average molecular weight is 324 g/mol. The lowest BCUT2D eigenvalue weighted by molar-refractivity contribution is 0.464. The number of halogens is 1. The number of anilines is 1. The van der Waals surface area contributed by atoms with E-state index in [2.05, 4.69) is 5.10 Å². The van der Waals surface area contributed by atoms with Gasteiger partial charge in [-0.3, -0.25) is 8.89 Å². The van der Waals surface area contributed by atoms with Gasteiger partial charge in [-0.25, -0.2) is 0 Å². The minimum atomic E-state index is -1.28. The van der Waals surface area contributed by atoms with E-state index in [1.54, 1.807) is 18.2 Å². The molecule has 112 valence electrons. The minimum Gasteiger partial charge on any atom is -0.398 e. The Bertz CT molecular complexity index is 644. The average Bonchev–Trinajstić information content (AvgIpc) is 3.08. The highest BCUT2D eigenvalue weighted by Crippen LogP contribution is 2.30. The fourth-order valence-corrected chi connectivity index (χ4v) is 4.42. The molecule has 1 aromatic carbocycles. The van der Waals surface area contributed by atoms with Crippen LogP contribution in [0.25, 0.3) is 0 Å². The fraction of sp³-hybridized carbons (Fsp3) is 0.400. The van der Waals surface area contributed by atoms with Gasteiger partial charge in [0.15, 0.2) is 0 Å². The van der Waals surface area contributed by atoms with Crippen LogP contribution >= 0.6 is 11.6 Å². The van der Waals surface area contributed by atoms with Gasteiger partial charge in [-0.1, -0.05) is 30.5 Å². The number of nitrogen functional groups attached to an aromatic ring is 1. The van der Waals surface area contributed by atoms with Crippen molar-refractivity contribution < 1.29 is 4.21 Å². The van der Waals surface area contributed by atoms with Crippen molar-refractivity contribution in [2.45, 2.75) is 42.4 Å². The van der Waals surface area contributed by atoms with Crippen LogP contribution in [0.5, 0.6) is 0 Å². The molecule has 1 unspecified atom stereocenters. The van der Waals surface area contributed by atoms with Crippen molar-refractivity contribution in [1.29, 1.82) is 0 Å². The quantitative estimate of drug-likeness (QED) is 0.875. The SMILES string of the molecule is Nc1cccc(Cl)c1S(=O)Cc1ccn(C2CCCC2)n1. The Labute approximate surface area is 131 Å². The van der Waals surface area contributed by atoms with E-state index in [4.69, 9.17) is 17.3 Å². The number of nitrogens with zero attached hydrogens (tertiary/aromatic N) is 2. The third-order valence-electron chi connectivity index (χ3n) is 3.87. The summed E-state index contributed by atoms with van der Waals surface area (Å²) >= 11 is 6.10. The molecule has 3 rings (SSSR count). The summed E-state index contributed by atoms with van der Waals surface area (Å²) in [5.74, 6) is 0.341. The van der Waals surface area contributed by atoms with E-state index in [9.17, 15) is 4.21 Å². The van der Waals surface area contributed by atoms with Crippen LogP contribution in [0, 0.1) is 0 Å². The lowest BCUT2D eigenvalue weighted by atomic mass is 10.3. The molecule has 21 heavy (non-hydrogen) atoms. The van der Waals surface area contributed by atoms with Gasteiger partial charge in [0.05, 0.1) is 38.2 Å². The monoisotopic (exact) mass is 323 g/mol. The maximum absolute atomic E-state index is 12.5. The molecule has 0 aliphatic heterocycles. The molecule has 1 aliphatic carbocycles. The summed E-state index contributed by atoms with van der Waals surface area (Å²) in [5, 5.41) is 5.00. The molecule has 4 nitrogen and oxygen atoms in total. The van der Waals surface area contributed by atoms with Gasteiger partial charge < -0.3 is 5.73 Å². The number of aromatic nitrogens is 2. The second kappa shape index (κ2) is 6.20. The molecule has 1 atom stereocenters. The van der Waals surface area contributed by atoms with Crippen LogP contribution in [0.15, 0.2) is 35.4 Å². The zero-order valence-corrected chi connectivity index (χ0v) is 13.2. The van der Waals surface area contributed by atoms with Crippen LogP contribution in [0.1, 0.15) is 37.4 Å². The highest BCUT2D eigenvalue weighted by atomic mass is 35.5. The third-order valence-corrected chi connectivity index (χ3v) is 5.76. The van der Waals surface area contributed by atoms with Crippen molar-refractivity contribution in [3.63, 3.8) is 0 Å². The number of hydrogen-bond acceptors (Lipinski definition) is 3. The first-order valence-corrected chi connectivity index (χ1v) is 8.81. The van der Waals surface area contributed by atoms with Gasteiger partial charge in [0.1, 0.15) is 0 Å². The summed E-state index contributed by atoms with van der Waals surface area (Å²) in [6.45, 7) is 0. The molecule has 0 amide bonds. The summed E-state index contributed by atoms with van der Waals surface area (Å²) < 4.78 is 14.5. The van der Waals surface area contributed by atoms with Gasteiger partial charge in [-0.15, -0.1) is 0 Å². The van der Waals surface area contributed by atoms with E-state index < -0.39 is 10.8 Å². The number of benzene rings is 1. The summed E-state index contributed by atoms with van der Waals surface area (Å²) in [6, 6.07) is 7.62. The van der Waals surface area contributed by atoms with E-state index in [1.807, 2.05) is 16.9 Å². The molecule has 1 aromatic heterocycles. The first-order valence-electron chi connectivity index (χ1n) is 7.11. The van der Waals surface area contributed by atoms with E-state index in [1.165, 1.54) is 25.7 Å². The predicted molar refractivity (Wildman–Crippen MR) is 85.7 cm³/mol. The van der Waals surface area contributed by atoms with Gasteiger partial charge in [0, 0.05) is 11.9 Å². The summed E-state index contributed by atoms with van der Waals surface area (Å²) in [5.41, 5.74) is 7.17. The summed E-state index contributed by atoms with van der Waals surface area (Å²) in [4.78, 5) is 0.509. The topological polar surface area (TPSA) is 60.9 Å². The molecule has 0 bridgehead atoms. The Morgan fingerprint density at radius 3 is 2.81 bits per heavy atom. The Hall–Kier alpha value is -1.33. The smallest absolute Gasteiger partial charge is 0.0807 e. The first kappa shape index (κ1) is 14.6. The zero-order chi connectivity index (χ0) is 14.8. The summed E-state index contributed by atoms with van der Waals surface area (Å²) in [6.07, 6.45) is 6.88. The largest absolute Gasteiger partial charge is 0.398 e. The Morgan fingerprint density at radius 2 is 2.10 bits per heavy atom. The molecule has 1 aliphatic rings. The van der Waals surface area contributed by atoms with E-state index >= 15 is 0 Å². The highest BCUT2D eigenvalue weighted by Gasteiger charge is 2.19. The maximum Gasteiger partial charge on any atom is 0.0807 e. The van der Waals surface area contributed by atoms with Crippen LogP contribution in [-0.4, -0.2) is 14.0 Å². The Morgan fingerprint density at radius 1 is 1.33 bits per heavy atom. The van der Waals surface area contributed by atoms with Crippen LogP contribution in [0.3, 0.4) is 0 Å². The van der Waals surface area contributed by atoms with Gasteiger partial charge >= 0.3 is 0 Å². The molecule has 1 heterocycles.